The maximum Gasteiger partial charge on any atom is 0.433 e. The van der Waals surface area contributed by atoms with Crippen LogP contribution in [0.1, 0.15) is 39.7 Å². The van der Waals surface area contributed by atoms with E-state index in [9.17, 15) is 26.3 Å². The third kappa shape index (κ3) is 8.03. The molecule has 1 aliphatic rings. The van der Waals surface area contributed by atoms with Crippen molar-refractivity contribution in [2.45, 2.75) is 56.6 Å². The Labute approximate surface area is 250 Å². The Morgan fingerprint density at radius 3 is 1.59 bits per heavy atom. The van der Waals surface area contributed by atoms with Gasteiger partial charge in [0.25, 0.3) is 0 Å². The number of pyridine rings is 1. The molecular weight excluding hydrogens is 588 g/mol. The Hall–Kier alpha value is -3.77. The average molecular weight is 618 g/mol. The lowest BCUT2D eigenvalue weighted by atomic mass is 10.00. The van der Waals surface area contributed by atoms with Crippen LogP contribution in [0, 0.1) is 0 Å². The van der Waals surface area contributed by atoms with Crippen LogP contribution in [0.4, 0.5) is 26.3 Å². The van der Waals surface area contributed by atoms with Crippen molar-refractivity contribution in [1.29, 1.82) is 0 Å². The van der Waals surface area contributed by atoms with Gasteiger partial charge >= 0.3 is 12.4 Å². The van der Waals surface area contributed by atoms with E-state index in [1.807, 2.05) is 48.5 Å². The van der Waals surface area contributed by atoms with E-state index in [2.05, 4.69) is 4.98 Å². The van der Waals surface area contributed by atoms with Gasteiger partial charge < -0.3 is 18.9 Å². The Morgan fingerprint density at radius 2 is 1.09 bits per heavy atom. The molecule has 11 heteroatoms. The van der Waals surface area contributed by atoms with Crippen LogP contribution in [0.15, 0.2) is 103 Å². The van der Waals surface area contributed by atoms with E-state index < -0.39 is 53.7 Å². The van der Waals surface area contributed by atoms with Crippen LogP contribution in [0.3, 0.4) is 0 Å². The highest BCUT2D eigenvalue weighted by molar-refractivity contribution is 5.31. The fourth-order valence-corrected chi connectivity index (χ4v) is 4.96. The van der Waals surface area contributed by atoms with Crippen molar-refractivity contribution in [3.63, 3.8) is 0 Å². The predicted octanol–water partition coefficient (Wildman–Crippen LogP) is 7.95. The standard InChI is InChI=1S/C33H29F6NO4/c34-32(35,36)25-16-17-27(33(37,38)39)40-28(25)30-31(43-20-24-14-8-3-9-15-24)29(42-19-23-12-6-2-7-13-23)26(44-30)21-41-18-22-10-4-1-5-11-22/h1-17,26,29-31H,18-21H2/t26-,29-,30+,31-/m1/s1. The smallest absolute Gasteiger partial charge is 0.374 e. The summed E-state index contributed by atoms with van der Waals surface area (Å²) >= 11 is 0. The molecule has 3 aromatic carbocycles. The Morgan fingerprint density at radius 1 is 0.591 bits per heavy atom. The number of nitrogens with zero attached hydrogens (tertiary/aromatic N) is 1. The largest absolute Gasteiger partial charge is 0.433 e. The van der Waals surface area contributed by atoms with Gasteiger partial charge in [-0.15, -0.1) is 0 Å². The quantitative estimate of drug-likeness (QED) is 0.160. The summed E-state index contributed by atoms with van der Waals surface area (Å²) in [4.78, 5) is 3.47. The SMILES string of the molecule is FC(F)(F)c1ccc(C(F)(F)F)c([C@@H]2O[C@H](COCc3ccccc3)[C@@H](OCc3ccccc3)[C@H]2OCc2ccccc2)n1. The monoisotopic (exact) mass is 617 g/mol. The number of hydrogen-bond donors (Lipinski definition) is 0. The molecule has 0 unspecified atom stereocenters. The first-order chi connectivity index (χ1) is 21.1. The number of alkyl halides is 6. The maximum absolute atomic E-state index is 14.2. The van der Waals surface area contributed by atoms with Crippen LogP contribution in [-0.2, 0) is 51.1 Å². The van der Waals surface area contributed by atoms with E-state index in [-0.39, 0.29) is 26.4 Å². The van der Waals surface area contributed by atoms with Crippen LogP contribution in [-0.4, -0.2) is 29.9 Å². The second-order valence-corrected chi connectivity index (χ2v) is 10.2. The number of ether oxygens (including phenoxy) is 4. The molecule has 4 atom stereocenters. The van der Waals surface area contributed by atoms with E-state index in [4.69, 9.17) is 18.9 Å². The Kier molecular flexibility index (Phi) is 10.00. The van der Waals surface area contributed by atoms with Crippen molar-refractivity contribution >= 4 is 0 Å². The molecule has 1 fully saturated rings. The lowest BCUT2D eigenvalue weighted by molar-refractivity contribution is -0.147. The Bertz CT molecular complexity index is 1470. The van der Waals surface area contributed by atoms with Crippen molar-refractivity contribution in [2.24, 2.45) is 0 Å². The molecule has 44 heavy (non-hydrogen) atoms. The molecule has 0 N–H and O–H groups in total. The second-order valence-electron chi connectivity index (χ2n) is 10.2. The van der Waals surface area contributed by atoms with Gasteiger partial charge in [-0.2, -0.15) is 26.3 Å². The fraction of sp³-hybridized carbons (Fsp3) is 0.303. The first-order valence-electron chi connectivity index (χ1n) is 13.8. The van der Waals surface area contributed by atoms with Crippen LogP contribution in [0.2, 0.25) is 0 Å². The molecule has 2 heterocycles. The summed E-state index contributed by atoms with van der Waals surface area (Å²) in [6.07, 6.45) is -14.9. The second kappa shape index (κ2) is 13.9. The van der Waals surface area contributed by atoms with E-state index in [1.54, 1.807) is 42.5 Å². The highest BCUT2D eigenvalue weighted by Gasteiger charge is 2.51. The lowest BCUT2D eigenvalue weighted by Gasteiger charge is -2.26. The third-order valence-corrected chi connectivity index (χ3v) is 7.06. The summed E-state index contributed by atoms with van der Waals surface area (Å²) in [6, 6.07) is 27.8. The topological polar surface area (TPSA) is 49.8 Å². The van der Waals surface area contributed by atoms with Crippen LogP contribution in [0.5, 0.6) is 0 Å². The normalized spacial score (nSPS) is 20.6. The molecule has 232 valence electrons. The number of benzene rings is 3. The van der Waals surface area contributed by atoms with Crippen molar-refractivity contribution in [2.75, 3.05) is 6.61 Å². The molecule has 0 spiro atoms. The highest BCUT2D eigenvalue weighted by atomic mass is 19.4. The summed E-state index contributed by atoms with van der Waals surface area (Å²) in [6.45, 7) is 0.0247. The highest BCUT2D eigenvalue weighted by Crippen LogP contribution is 2.44. The summed E-state index contributed by atoms with van der Waals surface area (Å²) in [5.74, 6) is 0. The first kappa shape index (κ1) is 31.6. The van der Waals surface area contributed by atoms with Gasteiger partial charge in [-0.25, -0.2) is 4.98 Å². The molecule has 1 saturated heterocycles. The lowest BCUT2D eigenvalue weighted by Crippen LogP contribution is -2.38. The zero-order valence-corrected chi connectivity index (χ0v) is 23.3. The van der Waals surface area contributed by atoms with Crippen molar-refractivity contribution in [1.82, 2.24) is 4.98 Å². The maximum atomic E-state index is 14.2. The Balaban J connectivity index is 1.51. The molecule has 1 aromatic heterocycles. The molecule has 1 aliphatic heterocycles. The average Bonchev–Trinajstić information content (AvgIpc) is 3.36. The zero-order valence-electron chi connectivity index (χ0n) is 23.3. The summed E-state index contributed by atoms with van der Waals surface area (Å²) in [5, 5.41) is 0. The third-order valence-electron chi connectivity index (χ3n) is 7.06. The van der Waals surface area contributed by atoms with Gasteiger partial charge in [0.2, 0.25) is 0 Å². The molecular formula is C33H29F6NO4. The van der Waals surface area contributed by atoms with Crippen molar-refractivity contribution in [3.8, 4) is 0 Å². The van der Waals surface area contributed by atoms with Crippen molar-refractivity contribution < 1.29 is 45.3 Å². The number of rotatable bonds is 11. The van der Waals surface area contributed by atoms with Gasteiger partial charge in [-0.05, 0) is 28.8 Å². The van der Waals surface area contributed by atoms with Gasteiger partial charge in [0.05, 0.1) is 37.7 Å². The van der Waals surface area contributed by atoms with E-state index in [0.29, 0.717) is 17.7 Å². The van der Waals surface area contributed by atoms with Gasteiger partial charge in [0.15, 0.2) is 0 Å². The van der Waals surface area contributed by atoms with Gasteiger partial charge in [-0.3, -0.25) is 0 Å². The van der Waals surface area contributed by atoms with Crippen LogP contribution in [0.25, 0.3) is 0 Å². The molecule has 0 aliphatic carbocycles. The molecule has 0 radical (unpaired) electrons. The molecule has 0 bridgehead atoms. The number of aromatic nitrogens is 1. The van der Waals surface area contributed by atoms with E-state index in [1.165, 1.54) is 0 Å². The number of hydrogen-bond acceptors (Lipinski definition) is 5. The molecule has 0 saturated carbocycles. The minimum absolute atomic E-state index is 0.0458. The molecule has 5 nitrogen and oxygen atoms in total. The first-order valence-corrected chi connectivity index (χ1v) is 13.8. The number of halogens is 6. The fourth-order valence-electron chi connectivity index (χ4n) is 4.96. The van der Waals surface area contributed by atoms with E-state index >= 15 is 0 Å². The predicted molar refractivity (Wildman–Crippen MR) is 148 cm³/mol. The van der Waals surface area contributed by atoms with Gasteiger partial charge in [0.1, 0.15) is 30.1 Å². The molecule has 5 rings (SSSR count). The summed E-state index contributed by atoms with van der Waals surface area (Å²) in [7, 11) is 0. The summed E-state index contributed by atoms with van der Waals surface area (Å²) in [5.41, 5.74) is -1.43. The van der Waals surface area contributed by atoms with Crippen LogP contribution >= 0.6 is 0 Å². The van der Waals surface area contributed by atoms with Crippen LogP contribution < -0.4 is 0 Å². The van der Waals surface area contributed by atoms with Crippen molar-refractivity contribution in [3.05, 3.63) is 137 Å². The van der Waals surface area contributed by atoms with Gasteiger partial charge in [0, 0.05) is 0 Å². The molecule has 0 amide bonds. The van der Waals surface area contributed by atoms with E-state index in [0.717, 1.165) is 11.1 Å². The minimum Gasteiger partial charge on any atom is -0.374 e. The summed E-state index contributed by atoms with van der Waals surface area (Å²) < 4.78 is 108. The van der Waals surface area contributed by atoms with Gasteiger partial charge in [-0.1, -0.05) is 91.0 Å². The zero-order chi connectivity index (χ0) is 31.2. The minimum atomic E-state index is -5.01. The molecule has 4 aromatic rings.